The van der Waals surface area contributed by atoms with Crippen molar-refractivity contribution in [2.24, 2.45) is 0 Å². The van der Waals surface area contributed by atoms with E-state index in [9.17, 15) is 13.2 Å². The first-order chi connectivity index (χ1) is 8.46. The predicted octanol–water partition coefficient (Wildman–Crippen LogP) is 0.993. The lowest BCUT2D eigenvalue weighted by Gasteiger charge is -2.09. The molecule has 1 atom stereocenters. The van der Waals surface area contributed by atoms with E-state index in [0.29, 0.717) is 11.3 Å². The van der Waals surface area contributed by atoms with Gasteiger partial charge in [-0.2, -0.15) is 0 Å². The Morgan fingerprint density at radius 3 is 2.50 bits per heavy atom. The molecule has 6 heteroatoms. The molecule has 1 aliphatic heterocycles. The zero-order chi connectivity index (χ0) is 13.2. The molecule has 1 saturated heterocycles. The molecular weight excluding hydrogens is 252 g/mol. The first-order valence-electron chi connectivity index (χ1n) is 5.81. The van der Waals surface area contributed by atoms with Crippen LogP contribution in [0.15, 0.2) is 24.3 Å². The molecule has 1 fully saturated rings. The van der Waals surface area contributed by atoms with Crippen molar-refractivity contribution in [3.05, 3.63) is 29.8 Å². The molecule has 0 bridgehead atoms. The molecule has 0 saturated carbocycles. The van der Waals surface area contributed by atoms with Crippen LogP contribution in [0.4, 0.5) is 5.69 Å². The van der Waals surface area contributed by atoms with Gasteiger partial charge >= 0.3 is 0 Å². The maximum absolute atomic E-state index is 12.0. The zero-order valence-electron chi connectivity index (χ0n) is 10.1. The molecule has 2 rings (SSSR count). The predicted molar refractivity (Wildman–Crippen MR) is 70.3 cm³/mol. The highest BCUT2D eigenvalue weighted by Crippen LogP contribution is 2.15. The summed E-state index contributed by atoms with van der Waals surface area (Å²) >= 11 is 0. The lowest BCUT2D eigenvalue weighted by Crippen LogP contribution is -2.30. The average Bonchev–Trinajstić information content (AvgIpc) is 2.80. The number of hydrogen-bond acceptors (Lipinski definition) is 4. The lowest BCUT2D eigenvalue weighted by molar-refractivity contribution is 0.0952. The number of anilines is 1. The van der Waals surface area contributed by atoms with Gasteiger partial charge in [0.1, 0.15) is 0 Å². The van der Waals surface area contributed by atoms with Crippen LogP contribution in [0.5, 0.6) is 0 Å². The van der Waals surface area contributed by atoms with Crippen molar-refractivity contribution >= 4 is 21.5 Å². The Hall–Kier alpha value is -1.40. The molecular formula is C12H16N2O3S. The summed E-state index contributed by atoms with van der Waals surface area (Å²) in [5.41, 5.74) is 1.07. The molecule has 0 aliphatic carbocycles. The SMILES string of the molecule is CS(=O)(=O)Nc1ccc(C(=O)C2CCCN2)cc1. The Morgan fingerprint density at radius 2 is 2.00 bits per heavy atom. The number of carbonyl (C=O) groups is 1. The zero-order valence-corrected chi connectivity index (χ0v) is 11.0. The summed E-state index contributed by atoms with van der Waals surface area (Å²) in [6.07, 6.45) is 2.97. The van der Waals surface area contributed by atoms with Gasteiger partial charge in [0.05, 0.1) is 12.3 Å². The van der Waals surface area contributed by atoms with Gasteiger partial charge in [-0.25, -0.2) is 8.42 Å². The largest absolute Gasteiger partial charge is 0.307 e. The minimum absolute atomic E-state index is 0.0680. The Morgan fingerprint density at radius 1 is 1.33 bits per heavy atom. The van der Waals surface area contributed by atoms with E-state index >= 15 is 0 Å². The van der Waals surface area contributed by atoms with Crippen LogP contribution in [-0.4, -0.2) is 33.0 Å². The van der Waals surface area contributed by atoms with Gasteiger partial charge in [-0.3, -0.25) is 9.52 Å². The van der Waals surface area contributed by atoms with Crippen molar-refractivity contribution in [1.82, 2.24) is 5.32 Å². The first kappa shape index (κ1) is 13.0. The lowest BCUT2D eigenvalue weighted by atomic mass is 10.0. The number of Topliss-reactive ketones (excluding diaryl/α,β-unsaturated/α-hetero) is 1. The summed E-state index contributed by atoms with van der Waals surface area (Å²) in [5, 5.41) is 3.15. The fraction of sp³-hybridized carbons (Fsp3) is 0.417. The highest BCUT2D eigenvalue weighted by molar-refractivity contribution is 7.92. The Kier molecular flexibility index (Phi) is 3.68. The molecule has 1 unspecified atom stereocenters. The minimum atomic E-state index is -3.27. The Bertz CT molecular complexity index is 531. The fourth-order valence-corrected chi connectivity index (χ4v) is 2.59. The highest BCUT2D eigenvalue weighted by atomic mass is 32.2. The number of nitrogens with one attached hydrogen (secondary N) is 2. The minimum Gasteiger partial charge on any atom is -0.307 e. The van der Waals surface area contributed by atoms with E-state index in [2.05, 4.69) is 10.0 Å². The molecule has 18 heavy (non-hydrogen) atoms. The van der Waals surface area contributed by atoms with Crippen LogP contribution < -0.4 is 10.0 Å². The maximum Gasteiger partial charge on any atom is 0.229 e. The smallest absolute Gasteiger partial charge is 0.229 e. The van der Waals surface area contributed by atoms with Crippen molar-refractivity contribution in [2.75, 3.05) is 17.5 Å². The molecule has 2 N–H and O–H groups in total. The summed E-state index contributed by atoms with van der Waals surface area (Å²) in [6.45, 7) is 0.879. The Balaban J connectivity index is 2.09. The van der Waals surface area contributed by atoms with Crippen molar-refractivity contribution in [3.8, 4) is 0 Å². The first-order valence-corrected chi connectivity index (χ1v) is 7.70. The number of hydrogen-bond donors (Lipinski definition) is 2. The van der Waals surface area contributed by atoms with Crippen LogP contribution in [-0.2, 0) is 10.0 Å². The van der Waals surface area contributed by atoms with Gasteiger partial charge in [0, 0.05) is 11.3 Å². The van der Waals surface area contributed by atoms with E-state index in [1.165, 1.54) is 0 Å². The van der Waals surface area contributed by atoms with Gasteiger partial charge in [-0.05, 0) is 43.7 Å². The second-order valence-electron chi connectivity index (χ2n) is 4.46. The van der Waals surface area contributed by atoms with Gasteiger partial charge in [0.2, 0.25) is 10.0 Å². The number of carbonyl (C=O) groups excluding carboxylic acids is 1. The standard InChI is InChI=1S/C12H16N2O3S/c1-18(16,17)14-10-6-4-9(5-7-10)12(15)11-3-2-8-13-11/h4-7,11,13-14H,2-3,8H2,1H3. The summed E-state index contributed by atoms with van der Waals surface area (Å²) in [7, 11) is -3.27. The summed E-state index contributed by atoms with van der Waals surface area (Å²) in [6, 6.07) is 6.40. The van der Waals surface area contributed by atoms with Crippen molar-refractivity contribution in [1.29, 1.82) is 0 Å². The van der Waals surface area contributed by atoms with Gasteiger partial charge < -0.3 is 5.32 Å². The highest BCUT2D eigenvalue weighted by Gasteiger charge is 2.22. The molecule has 0 amide bonds. The molecule has 0 radical (unpaired) electrons. The molecule has 1 aromatic carbocycles. The summed E-state index contributed by atoms with van der Waals surface area (Å²) in [5.74, 6) is 0.0680. The maximum atomic E-state index is 12.0. The van der Waals surface area contributed by atoms with Gasteiger partial charge in [-0.1, -0.05) is 0 Å². The topological polar surface area (TPSA) is 75.3 Å². The van der Waals surface area contributed by atoms with E-state index < -0.39 is 10.0 Å². The molecule has 0 spiro atoms. The summed E-state index contributed by atoms with van der Waals surface area (Å²) in [4.78, 5) is 12.0. The van der Waals surface area contributed by atoms with Crippen molar-refractivity contribution in [3.63, 3.8) is 0 Å². The third-order valence-electron chi connectivity index (χ3n) is 2.85. The van der Waals surface area contributed by atoms with Crippen LogP contribution in [0.2, 0.25) is 0 Å². The normalized spacial score (nSPS) is 19.7. The fourth-order valence-electron chi connectivity index (χ4n) is 2.03. The van der Waals surface area contributed by atoms with Crippen molar-refractivity contribution < 1.29 is 13.2 Å². The molecule has 1 aromatic rings. The number of rotatable bonds is 4. The van der Waals surface area contributed by atoms with Crippen LogP contribution in [0.3, 0.4) is 0 Å². The van der Waals surface area contributed by atoms with Gasteiger partial charge in [0.15, 0.2) is 5.78 Å². The van der Waals surface area contributed by atoms with E-state index in [1.54, 1.807) is 24.3 Å². The number of benzene rings is 1. The second kappa shape index (κ2) is 5.07. The van der Waals surface area contributed by atoms with E-state index in [0.717, 1.165) is 25.6 Å². The summed E-state index contributed by atoms with van der Waals surface area (Å²) < 4.78 is 24.4. The second-order valence-corrected chi connectivity index (χ2v) is 6.21. The van der Waals surface area contributed by atoms with Gasteiger partial charge in [0.25, 0.3) is 0 Å². The molecule has 5 nitrogen and oxygen atoms in total. The number of sulfonamides is 1. The third-order valence-corrected chi connectivity index (χ3v) is 3.46. The van der Waals surface area contributed by atoms with E-state index in [-0.39, 0.29) is 11.8 Å². The molecule has 1 aliphatic rings. The quantitative estimate of drug-likeness (QED) is 0.799. The monoisotopic (exact) mass is 268 g/mol. The van der Waals surface area contributed by atoms with Crippen LogP contribution in [0, 0.1) is 0 Å². The van der Waals surface area contributed by atoms with Crippen LogP contribution in [0.1, 0.15) is 23.2 Å². The Labute approximate surface area is 107 Å². The van der Waals surface area contributed by atoms with E-state index in [1.807, 2.05) is 0 Å². The van der Waals surface area contributed by atoms with Crippen LogP contribution in [0.25, 0.3) is 0 Å². The molecule has 0 aromatic heterocycles. The van der Waals surface area contributed by atoms with Crippen LogP contribution >= 0.6 is 0 Å². The third kappa shape index (κ3) is 3.30. The average molecular weight is 268 g/mol. The van der Waals surface area contributed by atoms with Gasteiger partial charge in [-0.15, -0.1) is 0 Å². The van der Waals surface area contributed by atoms with Crippen molar-refractivity contribution in [2.45, 2.75) is 18.9 Å². The molecule has 98 valence electrons. The molecule has 1 heterocycles. The van der Waals surface area contributed by atoms with E-state index in [4.69, 9.17) is 0 Å². The number of ketones is 1.